The number of nitrogens with one attached hydrogen (secondary N) is 1. The molecule has 108 valence electrons. The van der Waals surface area contributed by atoms with E-state index >= 15 is 0 Å². The van der Waals surface area contributed by atoms with Gasteiger partial charge in [-0.25, -0.2) is 0 Å². The van der Waals surface area contributed by atoms with E-state index in [-0.39, 0.29) is 0 Å². The molecule has 0 aliphatic carbocycles. The molecule has 20 heavy (non-hydrogen) atoms. The molecule has 0 heterocycles. The molecule has 0 radical (unpaired) electrons. The van der Waals surface area contributed by atoms with Crippen molar-refractivity contribution in [2.75, 3.05) is 13.7 Å². The van der Waals surface area contributed by atoms with Gasteiger partial charge >= 0.3 is 0 Å². The molecular formula is C18H25NO. The van der Waals surface area contributed by atoms with Gasteiger partial charge in [-0.05, 0) is 35.2 Å². The summed E-state index contributed by atoms with van der Waals surface area (Å²) in [5, 5.41) is 6.08. The lowest BCUT2D eigenvalue weighted by molar-refractivity contribution is 0.365. The van der Waals surface area contributed by atoms with Crippen molar-refractivity contribution in [3.8, 4) is 5.75 Å². The van der Waals surface area contributed by atoms with Crippen LogP contribution in [-0.4, -0.2) is 13.7 Å². The van der Waals surface area contributed by atoms with Crippen molar-refractivity contribution in [1.29, 1.82) is 0 Å². The number of fused-ring (bicyclic) bond motifs is 1. The average Bonchev–Trinajstić information content (AvgIpc) is 2.42. The molecule has 0 aliphatic rings. The molecule has 0 fully saturated rings. The predicted octanol–water partition coefficient (Wildman–Crippen LogP) is 4.37. The van der Waals surface area contributed by atoms with E-state index in [1.807, 2.05) is 0 Å². The van der Waals surface area contributed by atoms with Crippen LogP contribution in [0.1, 0.15) is 32.8 Å². The zero-order chi connectivity index (χ0) is 14.6. The summed E-state index contributed by atoms with van der Waals surface area (Å²) in [7, 11) is 1.74. The average molecular weight is 271 g/mol. The van der Waals surface area contributed by atoms with Crippen molar-refractivity contribution in [2.45, 2.75) is 33.7 Å². The first-order valence-corrected chi connectivity index (χ1v) is 7.26. The molecule has 1 N–H and O–H groups in total. The summed E-state index contributed by atoms with van der Waals surface area (Å²) in [6, 6.07) is 12.6. The monoisotopic (exact) mass is 271 g/mol. The highest BCUT2D eigenvalue weighted by molar-refractivity contribution is 5.87. The van der Waals surface area contributed by atoms with Gasteiger partial charge in [0.05, 0.1) is 7.11 Å². The molecule has 0 aliphatic heterocycles. The minimum Gasteiger partial charge on any atom is -0.496 e. The van der Waals surface area contributed by atoms with E-state index < -0.39 is 0 Å². The van der Waals surface area contributed by atoms with E-state index in [0.717, 1.165) is 18.8 Å². The minimum atomic E-state index is 0.371. The lowest BCUT2D eigenvalue weighted by atomic mass is 9.92. The molecule has 2 nitrogen and oxygen atoms in total. The summed E-state index contributed by atoms with van der Waals surface area (Å²) in [5.74, 6) is 0.965. The minimum absolute atomic E-state index is 0.371. The fourth-order valence-corrected chi connectivity index (χ4v) is 2.37. The molecule has 0 spiro atoms. The van der Waals surface area contributed by atoms with Crippen molar-refractivity contribution < 1.29 is 4.74 Å². The maximum absolute atomic E-state index is 5.51. The molecule has 2 aromatic carbocycles. The molecule has 2 aromatic rings. The zero-order valence-electron chi connectivity index (χ0n) is 13.0. The molecule has 0 amide bonds. The highest BCUT2D eigenvalue weighted by Gasteiger charge is 2.11. The number of ether oxygens (including phenoxy) is 1. The highest BCUT2D eigenvalue weighted by Crippen LogP contribution is 2.28. The Kier molecular flexibility index (Phi) is 4.66. The van der Waals surface area contributed by atoms with Crippen LogP contribution in [-0.2, 0) is 6.54 Å². The first kappa shape index (κ1) is 14.9. The molecule has 0 atom stereocenters. The predicted molar refractivity (Wildman–Crippen MR) is 86.3 cm³/mol. The van der Waals surface area contributed by atoms with Crippen LogP contribution < -0.4 is 10.1 Å². The van der Waals surface area contributed by atoms with Gasteiger partial charge in [-0.15, -0.1) is 0 Å². The molecule has 0 saturated carbocycles. The van der Waals surface area contributed by atoms with Gasteiger partial charge in [-0.1, -0.05) is 51.1 Å². The van der Waals surface area contributed by atoms with Crippen LogP contribution in [0, 0.1) is 5.41 Å². The van der Waals surface area contributed by atoms with Crippen LogP contribution in [0.2, 0.25) is 0 Å². The summed E-state index contributed by atoms with van der Waals surface area (Å²) >= 11 is 0. The summed E-state index contributed by atoms with van der Waals surface area (Å²) < 4.78 is 5.51. The van der Waals surface area contributed by atoms with Gasteiger partial charge in [0, 0.05) is 12.1 Å². The Morgan fingerprint density at radius 3 is 2.50 bits per heavy atom. The molecule has 0 aromatic heterocycles. The standard InChI is InChI=1S/C18H25NO/c1-18(2,3)11-12-19-13-16-15-8-6-5-7-14(15)9-10-17(16)20-4/h5-10,19H,11-13H2,1-4H3. The van der Waals surface area contributed by atoms with Crippen LogP contribution >= 0.6 is 0 Å². The van der Waals surface area contributed by atoms with Crippen molar-refractivity contribution in [3.63, 3.8) is 0 Å². The maximum atomic E-state index is 5.51. The fraction of sp³-hybridized carbons (Fsp3) is 0.444. The molecule has 0 bridgehead atoms. The summed E-state index contributed by atoms with van der Waals surface area (Å²) in [6.07, 6.45) is 1.17. The number of benzene rings is 2. The second kappa shape index (κ2) is 6.27. The lowest BCUT2D eigenvalue weighted by Gasteiger charge is -2.19. The molecule has 0 unspecified atom stereocenters. The number of hydrogen-bond donors (Lipinski definition) is 1. The SMILES string of the molecule is COc1ccc2ccccc2c1CNCCC(C)(C)C. The maximum Gasteiger partial charge on any atom is 0.123 e. The second-order valence-electron chi connectivity index (χ2n) is 6.45. The molecule has 2 rings (SSSR count). The van der Waals surface area contributed by atoms with Gasteiger partial charge in [0.25, 0.3) is 0 Å². The summed E-state index contributed by atoms with van der Waals surface area (Å²) in [5.41, 5.74) is 1.62. The first-order valence-electron chi connectivity index (χ1n) is 7.26. The van der Waals surface area contributed by atoms with Gasteiger partial charge in [0.15, 0.2) is 0 Å². The van der Waals surface area contributed by atoms with E-state index in [4.69, 9.17) is 4.74 Å². The van der Waals surface area contributed by atoms with E-state index in [0.29, 0.717) is 5.41 Å². The van der Waals surface area contributed by atoms with Crippen molar-refractivity contribution in [2.24, 2.45) is 5.41 Å². The van der Waals surface area contributed by atoms with Gasteiger partial charge < -0.3 is 10.1 Å². The van der Waals surface area contributed by atoms with Crippen LogP contribution in [0.3, 0.4) is 0 Å². The smallest absolute Gasteiger partial charge is 0.123 e. The van der Waals surface area contributed by atoms with E-state index in [2.05, 4.69) is 62.5 Å². The zero-order valence-corrected chi connectivity index (χ0v) is 13.0. The van der Waals surface area contributed by atoms with E-state index in [9.17, 15) is 0 Å². The third-order valence-electron chi connectivity index (χ3n) is 3.57. The van der Waals surface area contributed by atoms with E-state index in [1.165, 1.54) is 22.8 Å². The highest BCUT2D eigenvalue weighted by atomic mass is 16.5. The van der Waals surface area contributed by atoms with E-state index in [1.54, 1.807) is 7.11 Å². The quantitative estimate of drug-likeness (QED) is 0.815. The summed E-state index contributed by atoms with van der Waals surface area (Å²) in [6.45, 7) is 8.68. The molecule has 0 saturated heterocycles. The lowest BCUT2D eigenvalue weighted by Crippen LogP contribution is -2.20. The third-order valence-corrected chi connectivity index (χ3v) is 3.57. The van der Waals surface area contributed by atoms with Crippen LogP contribution in [0.15, 0.2) is 36.4 Å². The Morgan fingerprint density at radius 2 is 1.80 bits per heavy atom. The van der Waals surface area contributed by atoms with Gasteiger partial charge in [-0.3, -0.25) is 0 Å². The fourth-order valence-electron chi connectivity index (χ4n) is 2.37. The number of rotatable bonds is 5. The molecule has 2 heteroatoms. The third kappa shape index (κ3) is 3.73. The first-order chi connectivity index (χ1) is 9.51. The Hall–Kier alpha value is -1.54. The van der Waals surface area contributed by atoms with Crippen LogP contribution in [0.25, 0.3) is 10.8 Å². The largest absolute Gasteiger partial charge is 0.496 e. The molecular weight excluding hydrogens is 246 g/mol. The number of hydrogen-bond acceptors (Lipinski definition) is 2. The van der Waals surface area contributed by atoms with Crippen molar-refractivity contribution in [1.82, 2.24) is 5.32 Å². The van der Waals surface area contributed by atoms with Crippen LogP contribution in [0.4, 0.5) is 0 Å². The van der Waals surface area contributed by atoms with Crippen molar-refractivity contribution >= 4 is 10.8 Å². The van der Waals surface area contributed by atoms with Crippen molar-refractivity contribution in [3.05, 3.63) is 42.0 Å². The topological polar surface area (TPSA) is 21.3 Å². The van der Waals surface area contributed by atoms with Gasteiger partial charge in [-0.2, -0.15) is 0 Å². The van der Waals surface area contributed by atoms with Crippen LogP contribution in [0.5, 0.6) is 5.75 Å². The summed E-state index contributed by atoms with van der Waals surface area (Å²) in [4.78, 5) is 0. The second-order valence-corrected chi connectivity index (χ2v) is 6.45. The Labute approximate surface area is 122 Å². The Balaban J connectivity index is 2.15. The van der Waals surface area contributed by atoms with Gasteiger partial charge in [0.1, 0.15) is 5.75 Å². The number of methoxy groups -OCH3 is 1. The van der Waals surface area contributed by atoms with Gasteiger partial charge in [0.2, 0.25) is 0 Å². The Bertz CT molecular complexity index is 569. The normalized spacial score (nSPS) is 11.8. The Morgan fingerprint density at radius 1 is 1.05 bits per heavy atom.